The van der Waals surface area contributed by atoms with Gasteiger partial charge in [-0.25, -0.2) is 0 Å². The third kappa shape index (κ3) is 1.70. The number of hydrogen-bond donors (Lipinski definition) is 1. The molecule has 2 fully saturated rings. The summed E-state index contributed by atoms with van der Waals surface area (Å²) in [6, 6.07) is 0.350. The van der Waals surface area contributed by atoms with E-state index in [4.69, 9.17) is 5.11 Å². The lowest BCUT2D eigenvalue weighted by molar-refractivity contribution is -0.146. The second-order valence-corrected chi connectivity index (χ2v) is 4.37. The Labute approximate surface area is 78.7 Å². The zero-order valence-corrected chi connectivity index (χ0v) is 8.07. The summed E-state index contributed by atoms with van der Waals surface area (Å²) in [5, 5.41) is 9.11. The van der Waals surface area contributed by atoms with Crippen molar-refractivity contribution in [2.45, 2.75) is 44.2 Å². The smallest absolute Gasteiger partial charge is 0.321 e. The van der Waals surface area contributed by atoms with Crippen LogP contribution < -0.4 is 0 Å². The molecule has 3 nitrogen and oxygen atoms in total. The largest absolute Gasteiger partial charge is 0.480 e. The summed E-state index contributed by atoms with van der Waals surface area (Å²) >= 11 is 0. The molecule has 2 rings (SSSR count). The molecule has 0 aliphatic heterocycles. The van der Waals surface area contributed by atoms with E-state index in [0.29, 0.717) is 12.0 Å². The van der Waals surface area contributed by atoms with E-state index in [1.165, 1.54) is 19.3 Å². The highest BCUT2D eigenvalue weighted by Gasteiger charge is 2.40. The van der Waals surface area contributed by atoms with Crippen molar-refractivity contribution >= 4 is 5.97 Å². The van der Waals surface area contributed by atoms with E-state index in [1.54, 1.807) is 0 Å². The van der Waals surface area contributed by atoms with Gasteiger partial charge in [0.1, 0.15) is 6.04 Å². The summed E-state index contributed by atoms with van der Waals surface area (Å²) in [5.41, 5.74) is 0. The van der Waals surface area contributed by atoms with Gasteiger partial charge < -0.3 is 5.11 Å². The summed E-state index contributed by atoms with van der Waals surface area (Å²) in [7, 11) is 1.97. The van der Waals surface area contributed by atoms with Gasteiger partial charge in [0.25, 0.3) is 0 Å². The van der Waals surface area contributed by atoms with Gasteiger partial charge in [0.05, 0.1) is 0 Å². The Morgan fingerprint density at radius 1 is 1.38 bits per heavy atom. The predicted octanol–water partition coefficient (Wildman–Crippen LogP) is 1.33. The molecule has 1 N–H and O–H groups in total. The molecule has 2 aliphatic rings. The van der Waals surface area contributed by atoms with Gasteiger partial charge in [-0.05, 0) is 38.6 Å². The molecule has 0 aromatic rings. The second-order valence-electron chi connectivity index (χ2n) is 4.37. The topological polar surface area (TPSA) is 40.5 Å². The molecule has 74 valence electrons. The van der Waals surface area contributed by atoms with Crippen LogP contribution in [0.25, 0.3) is 0 Å². The lowest BCUT2D eigenvalue weighted by Crippen LogP contribution is -2.47. The van der Waals surface area contributed by atoms with E-state index < -0.39 is 5.97 Å². The highest BCUT2D eigenvalue weighted by Crippen LogP contribution is 2.36. The summed E-state index contributed by atoms with van der Waals surface area (Å²) in [4.78, 5) is 13.1. The molecule has 13 heavy (non-hydrogen) atoms. The number of carbonyl (C=O) groups is 1. The van der Waals surface area contributed by atoms with Crippen molar-refractivity contribution < 1.29 is 9.90 Å². The second kappa shape index (κ2) is 3.29. The average Bonchev–Trinajstić information content (AvgIpc) is 2.75. The van der Waals surface area contributed by atoms with Crippen LogP contribution in [0, 0.1) is 5.92 Å². The zero-order valence-electron chi connectivity index (χ0n) is 8.07. The van der Waals surface area contributed by atoms with Crippen LogP contribution in [0.5, 0.6) is 0 Å². The number of hydrogen-bond acceptors (Lipinski definition) is 2. The van der Waals surface area contributed by atoms with E-state index >= 15 is 0 Å². The first kappa shape index (κ1) is 9.00. The van der Waals surface area contributed by atoms with Gasteiger partial charge in [-0.1, -0.05) is 6.42 Å². The quantitative estimate of drug-likeness (QED) is 0.715. The van der Waals surface area contributed by atoms with E-state index in [2.05, 4.69) is 4.90 Å². The molecule has 0 amide bonds. The minimum atomic E-state index is -0.626. The number of carboxylic acid groups (broad SMARTS) is 1. The molecular formula is C10H17NO2. The Bertz CT molecular complexity index is 209. The van der Waals surface area contributed by atoms with E-state index in [9.17, 15) is 4.79 Å². The minimum Gasteiger partial charge on any atom is -0.480 e. The first-order valence-corrected chi connectivity index (χ1v) is 5.15. The van der Waals surface area contributed by atoms with Crippen LogP contribution in [0.4, 0.5) is 0 Å². The third-order valence-electron chi connectivity index (χ3n) is 3.41. The maximum absolute atomic E-state index is 11.1. The van der Waals surface area contributed by atoms with Crippen molar-refractivity contribution in [1.82, 2.24) is 4.90 Å². The van der Waals surface area contributed by atoms with Crippen LogP contribution in [-0.2, 0) is 4.79 Å². The Balaban J connectivity index is 1.98. The number of likely N-dealkylation sites (N-methyl/N-ethyl adjacent to an activating group) is 1. The molecule has 0 radical (unpaired) electrons. The summed E-state index contributed by atoms with van der Waals surface area (Å²) in [6.07, 6.45) is 5.80. The van der Waals surface area contributed by atoms with Crippen molar-refractivity contribution in [3.63, 3.8) is 0 Å². The van der Waals surface area contributed by atoms with Gasteiger partial charge in [-0.2, -0.15) is 0 Å². The van der Waals surface area contributed by atoms with E-state index in [1.807, 2.05) is 7.05 Å². The van der Waals surface area contributed by atoms with Crippen LogP contribution in [0.3, 0.4) is 0 Å². The van der Waals surface area contributed by atoms with Crippen molar-refractivity contribution in [3.05, 3.63) is 0 Å². The van der Waals surface area contributed by atoms with Gasteiger partial charge in [0.2, 0.25) is 0 Å². The van der Waals surface area contributed by atoms with Crippen LogP contribution in [0.2, 0.25) is 0 Å². The lowest BCUT2D eigenvalue weighted by atomic mass is 9.79. The van der Waals surface area contributed by atoms with E-state index in [-0.39, 0.29) is 6.04 Å². The Morgan fingerprint density at radius 3 is 2.31 bits per heavy atom. The zero-order chi connectivity index (χ0) is 9.42. The van der Waals surface area contributed by atoms with Gasteiger partial charge in [0, 0.05) is 6.04 Å². The molecule has 1 atom stereocenters. The molecule has 2 aliphatic carbocycles. The van der Waals surface area contributed by atoms with Gasteiger partial charge >= 0.3 is 5.97 Å². The van der Waals surface area contributed by atoms with Gasteiger partial charge in [0.15, 0.2) is 0 Å². The number of aliphatic carboxylic acids is 1. The van der Waals surface area contributed by atoms with Crippen LogP contribution in [0.15, 0.2) is 0 Å². The minimum absolute atomic E-state index is 0.207. The molecule has 0 aromatic carbocycles. The molecule has 0 heterocycles. The third-order valence-corrected chi connectivity index (χ3v) is 3.41. The fourth-order valence-corrected chi connectivity index (χ4v) is 2.17. The highest BCUT2D eigenvalue weighted by molar-refractivity contribution is 5.74. The fraction of sp³-hybridized carbons (Fsp3) is 0.900. The van der Waals surface area contributed by atoms with Crippen LogP contribution >= 0.6 is 0 Å². The number of nitrogens with zero attached hydrogens (tertiary/aromatic N) is 1. The standard InChI is InChI=1S/C10H17NO2/c1-11(8-5-6-8)9(10(12)13)7-3-2-4-7/h7-9H,2-6H2,1H3,(H,12,13). The van der Waals surface area contributed by atoms with Gasteiger partial charge in [-0.15, -0.1) is 0 Å². The van der Waals surface area contributed by atoms with Crippen molar-refractivity contribution in [3.8, 4) is 0 Å². The molecular weight excluding hydrogens is 166 g/mol. The van der Waals surface area contributed by atoms with Crippen molar-refractivity contribution in [2.24, 2.45) is 5.92 Å². The molecule has 0 aromatic heterocycles. The summed E-state index contributed by atoms with van der Waals surface area (Å²) in [6.45, 7) is 0. The highest BCUT2D eigenvalue weighted by atomic mass is 16.4. The molecule has 1 unspecified atom stereocenters. The molecule has 0 saturated heterocycles. The SMILES string of the molecule is CN(C1CC1)C(C(=O)O)C1CCC1. The predicted molar refractivity (Wildman–Crippen MR) is 49.5 cm³/mol. The van der Waals surface area contributed by atoms with Gasteiger partial charge in [-0.3, -0.25) is 9.69 Å². The Morgan fingerprint density at radius 2 is 2.00 bits per heavy atom. The van der Waals surface area contributed by atoms with Crippen LogP contribution in [-0.4, -0.2) is 35.1 Å². The molecule has 0 spiro atoms. The van der Waals surface area contributed by atoms with E-state index in [0.717, 1.165) is 12.8 Å². The Kier molecular flexibility index (Phi) is 2.28. The molecule has 2 saturated carbocycles. The summed E-state index contributed by atoms with van der Waals surface area (Å²) in [5.74, 6) is -0.206. The monoisotopic (exact) mass is 183 g/mol. The average molecular weight is 183 g/mol. The number of rotatable bonds is 4. The number of carboxylic acids is 1. The first-order valence-electron chi connectivity index (χ1n) is 5.15. The Hall–Kier alpha value is -0.570. The maximum atomic E-state index is 11.1. The molecule has 0 bridgehead atoms. The summed E-state index contributed by atoms with van der Waals surface area (Å²) < 4.78 is 0. The lowest BCUT2D eigenvalue weighted by Gasteiger charge is -2.36. The molecule has 3 heteroatoms. The normalized spacial score (nSPS) is 25.7. The maximum Gasteiger partial charge on any atom is 0.321 e. The van der Waals surface area contributed by atoms with Crippen molar-refractivity contribution in [2.75, 3.05) is 7.05 Å². The van der Waals surface area contributed by atoms with Crippen LogP contribution in [0.1, 0.15) is 32.1 Å². The fourth-order valence-electron chi connectivity index (χ4n) is 2.17. The first-order chi connectivity index (χ1) is 6.20. The van der Waals surface area contributed by atoms with Crippen molar-refractivity contribution in [1.29, 1.82) is 0 Å².